The fraction of sp³-hybridized carbons (Fsp3) is 0.594. The topological polar surface area (TPSA) is 83.5 Å². The fourth-order valence-corrected chi connectivity index (χ4v) is 7.61. The molecule has 1 saturated heterocycles. The van der Waals surface area contributed by atoms with Crippen molar-refractivity contribution in [2.24, 2.45) is 46.8 Å². The zero-order valence-corrected chi connectivity index (χ0v) is 23.2. The number of allylic oxidation sites excluding steroid dienone is 4. The average molecular weight is 506 g/mol. The molecule has 8 atom stereocenters. The van der Waals surface area contributed by atoms with Crippen LogP contribution in [-0.2, 0) is 20.8 Å². The van der Waals surface area contributed by atoms with Crippen molar-refractivity contribution in [3.8, 4) is 5.75 Å². The summed E-state index contributed by atoms with van der Waals surface area (Å²) in [5, 5.41) is 12.1. The van der Waals surface area contributed by atoms with Crippen molar-refractivity contribution in [1.82, 2.24) is 5.32 Å². The van der Waals surface area contributed by atoms with E-state index in [4.69, 9.17) is 0 Å². The summed E-state index contributed by atoms with van der Waals surface area (Å²) in [6, 6.07) is 6.65. The van der Waals surface area contributed by atoms with Gasteiger partial charge in [0.25, 0.3) is 0 Å². The van der Waals surface area contributed by atoms with Crippen LogP contribution in [0.1, 0.15) is 72.8 Å². The number of benzene rings is 1. The summed E-state index contributed by atoms with van der Waals surface area (Å²) in [5.41, 5.74) is 3.14. The number of aromatic hydroxyl groups is 1. The number of imide groups is 1. The molecule has 1 saturated carbocycles. The highest BCUT2D eigenvalue weighted by Crippen LogP contribution is 2.56. The van der Waals surface area contributed by atoms with Gasteiger partial charge in [-0.2, -0.15) is 0 Å². The Labute approximate surface area is 221 Å². The van der Waals surface area contributed by atoms with Crippen LogP contribution in [-0.4, -0.2) is 22.7 Å². The lowest BCUT2D eigenvalue weighted by Gasteiger charge is -2.52. The third-order valence-electron chi connectivity index (χ3n) is 9.42. The minimum atomic E-state index is -0.986. The van der Waals surface area contributed by atoms with E-state index in [1.807, 2.05) is 0 Å². The maximum absolute atomic E-state index is 14.6. The number of Topliss-reactive ketones (excluding diaryl/α,β-unsaturated/α-hetero) is 1. The molecule has 1 heterocycles. The number of phenols is 1. The van der Waals surface area contributed by atoms with Gasteiger partial charge in [0.15, 0.2) is 0 Å². The lowest BCUT2D eigenvalue weighted by molar-refractivity contribution is -0.140. The molecule has 2 N–H and O–H groups in total. The molecule has 1 aliphatic heterocycles. The van der Waals surface area contributed by atoms with Gasteiger partial charge in [-0.3, -0.25) is 19.7 Å². The molecule has 0 spiro atoms. The first kappa shape index (κ1) is 27.3. The molecule has 200 valence electrons. The summed E-state index contributed by atoms with van der Waals surface area (Å²) in [6.07, 6.45) is 9.10. The molecule has 2 fully saturated rings. The van der Waals surface area contributed by atoms with E-state index >= 15 is 0 Å². The zero-order valence-electron chi connectivity index (χ0n) is 23.2. The Balaban J connectivity index is 1.76. The summed E-state index contributed by atoms with van der Waals surface area (Å²) < 4.78 is 0. The van der Waals surface area contributed by atoms with Crippen molar-refractivity contribution in [1.29, 1.82) is 0 Å². The number of carbonyl (C=O) groups is 3. The van der Waals surface area contributed by atoms with E-state index in [0.29, 0.717) is 18.3 Å². The molecular formula is C32H43NO4. The van der Waals surface area contributed by atoms with Crippen LogP contribution in [0.4, 0.5) is 0 Å². The van der Waals surface area contributed by atoms with Gasteiger partial charge in [0.1, 0.15) is 17.5 Å². The fourth-order valence-electron chi connectivity index (χ4n) is 7.61. The number of amides is 2. The predicted molar refractivity (Wildman–Crippen MR) is 146 cm³/mol. The van der Waals surface area contributed by atoms with Gasteiger partial charge >= 0.3 is 0 Å². The van der Waals surface area contributed by atoms with E-state index in [9.17, 15) is 19.5 Å². The predicted octanol–water partition coefficient (Wildman–Crippen LogP) is 6.02. The monoisotopic (exact) mass is 505 g/mol. The Kier molecular flexibility index (Phi) is 7.83. The van der Waals surface area contributed by atoms with Crippen LogP contribution in [0.3, 0.4) is 0 Å². The molecule has 2 aliphatic carbocycles. The van der Waals surface area contributed by atoms with Gasteiger partial charge < -0.3 is 5.11 Å². The van der Waals surface area contributed by atoms with E-state index in [1.165, 1.54) is 11.1 Å². The van der Waals surface area contributed by atoms with Gasteiger partial charge in [0, 0.05) is 11.8 Å². The van der Waals surface area contributed by atoms with Gasteiger partial charge in [-0.15, -0.1) is 0 Å². The summed E-state index contributed by atoms with van der Waals surface area (Å²) in [6.45, 7) is 13.2. The largest absolute Gasteiger partial charge is 0.508 e. The molecule has 4 rings (SSSR count). The summed E-state index contributed by atoms with van der Waals surface area (Å²) >= 11 is 0. The van der Waals surface area contributed by atoms with Crippen LogP contribution >= 0.6 is 0 Å². The van der Waals surface area contributed by atoms with Gasteiger partial charge in [-0.1, -0.05) is 76.0 Å². The molecule has 0 radical (unpaired) electrons. The summed E-state index contributed by atoms with van der Waals surface area (Å²) in [4.78, 5) is 40.7. The first-order valence-corrected chi connectivity index (χ1v) is 14.0. The molecule has 1 aromatic carbocycles. The molecular weight excluding hydrogens is 462 g/mol. The van der Waals surface area contributed by atoms with E-state index in [1.54, 1.807) is 24.3 Å². The number of carbonyl (C=O) groups excluding carboxylic acids is 3. The van der Waals surface area contributed by atoms with E-state index < -0.39 is 17.7 Å². The van der Waals surface area contributed by atoms with E-state index in [0.717, 1.165) is 31.2 Å². The van der Waals surface area contributed by atoms with Crippen LogP contribution in [0, 0.1) is 46.8 Å². The molecule has 3 aliphatic rings. The molecule has 0 aromatic heterocycles. The number of rotatable bonds is 7. The second kappa shape index (κ2) is 10.6. The van der Waals surface area contributed by atoms with Crippen LogP contribution in [0.2, 0.25) is 0 Å². The minimum absolute atomic E-state index is 0.0502. The Morgan fingerprint density at radius 2 is 1.84 bits per heavy atom. The first-order valence-electron chi connectivity index (χ1n) is 14.0. The quantitative estimate of drug-likeness (QED) is 0.270. The molecule has 37 heavy (non-hydrogen) atoms. The maximum Gasteiger partial charge on any atom is 0.237 e. The van der Waals surface area contributed by atoms with Crippen LogP contribution in [0.25, 0.3) is 0 Å². The SMILES string of the molecule is CC[C@H](C)/C=C(\C)[C@H]1C(C)=C[C@]2(C)C[C@H](C)CC[C@H]2[C@@H]1C(=O)[C@H]1C(=O)NC(=O)[C@@H]1Cc1ccc(O)cc1. The van der Waals surface area contributed by atoms with Crippen molar-refractivity contribution in [3.05, 3.63) is 53.1 Å². The molecule has 0 unspecified atom stereocenters. The Hall–Kier alpha value is -2.69. The molecule has 2 amide bonds. The third kappa shape index (κ3) is 5.32. The average Bonchev–Trinajstić information content (AvgIpc) is 3.10. The Morgan fingerprint density at radius 3 is 2.49 bits per heavy atom. The van der Waals surface area contributed by atoms with Gasteiger partial charge in [0.2, 0.25) is 11.8 Å². The van der Waals surface area contributed by atoms with Gasteiger partial charge in [-0.25, -0.2) is 0 Å². The van der Waals surface area contributed by atoms with Crippen molar-refractivity contribution in [2.45, 2.75) is 73.6 Å². The summed E-state index contributed by atoms with van der Waals surface area (Å²) in [5.74, 6) is -1.72. The standard InChI is InChI=1S/C32H43NO4/c1-7-18(2)14-20(4)26-21(5)17-32(6)16-19(3)8-13-25(32)28(26)29(35)27-24(30(36)33-31(27)37)15-22-9-11-23(34)12-10-22/h9-12,14,17-19,24-28,34H,7-8,13,15-16H2,1-6H3,(H,33,36,37)/b20-14+/t18-,19+,24+,25-,26-,27-,28-,32-/m0/s1. The maximum atomic E-state index is 14.6. The van der Waals surface area contributed by atoms with E-state index in [2.05, 4.69) is 59.0 Å². The Morgan fingerprint density at radius 1 is 1.16 bits per heavy atom. The zero-order chi connectivity index (χ0) is 27.1. The van der Waals surface area contributed by atoms with E-state index in [-0.39, 0.29) is 40.6 Å². The smallest absolute Gasteiger partial charge is 0.237 e. The van der Waals surface area contributed by atoms with Gasteiger partial charge in [-0.05, 0) is 74.0 Å². The van der Waals surface area contributed by atoms with Crippen LogP contribution in [0.15, 0.2) is 47.6 Å². The lowest BCUT2D eigenvalue weighted by Crippen LogP contribution is -2.50. The van der Waals surface area contributed by atoms with Crippen LogP contribution in [0.5, 0.6) is 5.75 Å². The lowest BCUT2D eigenvalue weighted by atomic mass is 9.51. The first-order chi connectivity index (χ1) is 17.4. The van der Waals surface area contributed by atoms with Crippen molar-refractivity contribution in [3.63, 3.8) is 0 Å². The normalized spacial score (nSPS) is 35.0. The molecule has 1 aromatic rings. The highest BCUT2D eigenvalue weighted by atomic mass is 16.3. The molecule has 5 nitrogen and oxygen atoms in total. The van der Waals surface area contributed by atoms with Gasteiger partial charge in [0.05, 0.1) is 5.92 Å². The van der Waals surface area contributed by atoms with Crippen molar-refractivity contribution >= 4 is 17.6 Å². The number of hydrogen-bond acceptors (Lipinski definition) is 4. The molecule has 5 heteroatoms. The summed E-state index contributed by atoms with van der Waals surface area (Å²) in [7, 11) is 0. The number of phenolic OH excluding ortho intramolecular Hbond substituents is 1. The number of nitrogens with one attached hydrogen (secondary N) is 1. The minimum Gasteiger partial charge on any atom is -0.508 e. The Bertz CT molecular complexity index is 1120. The second-order valence-corrected chi connectivity index (χ2v) is 12.4. The number of ketones is 1. The highest BCUT2D eigenvalue weighted by molar-refractivity contribution is 6.16. The second-order valence-electron chi connectivity index (χ2n) is 12.4. The number of hydrogen-bond donors (Lipinski definition) is 2. The van der Waals surface area contributed by atoms with Crippen molar-refractivity contribution < 1.29 is 19.5 Å². The third-order valence-corrected chi connectivity index (χ3v) is 9.42. The van der Waals surface area contributed by atoms with Crippen LogP contribution < -0.4 is 5.32 Å². The highest BCUT2D eigenvalue weighted by Gasteiger charge is 2.55. The van der Waals surface area contributed by atoms with Crippen molar-refractivity contribution in [2.75, 3.05) is 0 Å². The number of fused-ring (bicyclic) bond motifs is 1. The molecule has 0 bridgehead atoms.